The third-order valence-electron chi connectivity index (χ3n) is 6.17. The normalized spacial score (nSPS) is 13.9. The molecule has 2 aromatic carbocycles. The zero-order valence-corrected chi connectivity index (χ0v) is 20.1. The molecular formula is C27H27F3N4O2. The standard InChI is InChI=1S/C27H27F3N4O2/c1-26(2,3)24(23(33-25(35)36)12-17-4-8-22(9-5-17)27(28,29)30)34-16-21(15-32-34)18-6-7-20-14-31-11-10-19(20)13-18/h4-11,13-16,23-24,33H,12H2,1-3H3,(H,35,36)/t23?,24-/m0/s1. The van der Waals surface area contributed by atoms with E-state index in [-0.39, 0.29) is 6.42 Å². The number of carbonyl (C=O) groups is 1. The van der Waals surface area contributed by atoms with Crippen molar-refractivity contribution in [2.75, 3.05) is 0 Å². The lowest BCUT2D eigenvalue weighted by molar-refractivity contribution is -0.137. The van der Waals surface area contributed by atoms with Crippen LogP contribution in [0.1, 0.15) is 37.9 Å². The van der Waals surface area contributed by atoms with Gasteiger partial charge in [0.1, 0.15) is 0 Å². The van der Waals surface area contributed by atoms with Gasteiger partial charge in [-0.25, -0.2) is 4.79 Å². The predicted octanol–water partition coefficient (Wildman–Crippen LogP) is 6.58. The van der Waals surface area contributed by atoms with Gasteiger partial charge in [0, 0.05) is 29.5 Å². The Bertz CT molecular complexity index is 1360. The second kappa shape index (κ2) is 9.64. The third kappa shape index (κ3) is 5.67. The number of fused-ring (bicyclic) bond motifs is 1. The van der Waals surface area contributed by atoms with Gasteiger partial charge in [0.15, 0.2) is 0 Å². The number of alkyl halides is 3. The number of hydrogen-bond acceptors (Lipinski definition) is 3. The molecule has 0 spiro atoms. The first-order valence-electron chi connectivity index (χ1n) is 11.5. The quantitative estimate of drug-likeness (QED) is 0.316. The number of halogens is 3. The van der Waals surface area contributed by atoms with Crippen LogP contribution in [0.4, 0.5) is 18.0 Å². The fourth-order valence-corrected chi connectivity index (χ4v) is 4.57. The molecule has 4 aromatic rings. The number of nitrogens with zero attached hydrogens (tertiary/aromatic N) is 3. The number of rotatable bonds is 6. The zero-order valence-electron chi connectivity index (χ0n) is 20.1. The molecule has 0 bridgehead atoms. The highest BCUT2D eigenvalue weighted by atomic mass is 19.4. The van der Waals surface area contributed by atoms with Crippen molar-refractivity contribution >= 4 is 16.9 Å². The second-order valence-electron chi connectivity index (χ2n) is 9.91. The maximum Gasteiger partial charge on any atom is 0.416 e. The van der Waals surface area contributed by atoms with Crippen molar-refractivity contribution in [1.82, 2.24) is 20.1 Å². The molecule has 9 heteroatoms. The number of carboxylic acid groups (broad SMARTS) is 1. The number of nitrogens with one attached hydrogen (secondary N) is 1. The average molecular weight is 497 g/mol. The molecule has 36 heavy (non-hydrogen) atoms. The van der Waals surface area contributed by atoms with Crippen molar-refractivity contribution in [2.45, 2.75) is 45.5 Å². The first-order chi connectivity index (χ1) is 16.9. The fourth-order valence-electron chi connectivity index (χ4n) is 4.57. The van der Waals surface area contributed by atoms with Crippen LogP contribution in [0.5, 0.6) is 0 Å². The summed E-state index contributed by atoms with van der Waals surface area (Å²) in [6.45, 7) is 5.93. The number of pyridine rings is 1. The van der Waals surface area contributed by atoms with Crippen LogP contribution in [0.2, 0.25) is 0 Å². The Balaban J connectivity index is 1.68. The maximum atomic E-state index is 13.0. The second-order valence-corrected chi connectivity index (χ2v) is 9.91. The minimum absolute atomic E-state index is 0.199. The highest BCUT2D eigenvalue weighted by molar-refractivity contribution is 5.86. The SMILES string of the molecule is CC(C)(C)[C@H](C(Cc1ccc(C(F)(F)F)cc1)NC(=O)O)n1cc(-c2ccc3cnccc3c2)cn1. The summed E-state index contributed by atoms with van der Waals surface area (Å²) in [5.41, 5.74) is 1.23. The average Bonchev–Trinajstić information content (AvgIpc) is 3.26. The summed E-state index contributed by atoms with van der Waals surface area (Å²) in [5.74, 6) is 0. The molecule has 0 saturated carbocycles. The van der Waals surface area contributed by atoms with Gasteiger partial charge >= 0.3 is 12.3 Å². The van der Waals surface area contributed by atoms with Gasteiger partial charge in [-0.2, -0.15) is 18.3 Å². The van der Waals surface area contributed by atoms with E-state index in [0.29, 0.717) is 5.56 Å². The lowest BCUT2D eigenvalue weighted by atomic mass is 9.80. The van der Waals surface area contributed by atoms with E-state index in [9.17, 15) is 23.1 Å². The van der Waals surface area contributed by atoms with E-state index >= 15 is 0 Å². The van der Waals surface area contributed by atoms with Gasteiger partial charge in [-0.05, 0) is 52.6 Å². The van der Waals surface area contributed by atoms with Crippen LogP contribution in [-0.2, 0) is 12.6 Å². The topological polar surface area (TPSA) is 80.0 Å². The summed E-state index contributed by atoms with van der Waals surface area (Å²) in [5, 5.41) is 18.8. The molecule has 0 aliphatic rings. The van der Waals surface area contributed by atoms with Gasteiger partial charge in [0.25, 0.3) is 0 Å². The molecule has 0 radical (unpaired) electrons. The minimum Gasteiger partial charge on any atom is -0.465 e. The van der Waals surface area contributed by atoms with Crippen molar-refractivity contribution < 1.29 is 23.1 Å². The molecule has 0 saturated heterocycles. The van der Waals surface area contributed by atoms with Crippen LogP contribution in [0.25, 0.3) is 21.9 Å². The maximum absolute atomic E-state index is 13.0. The summed E-state index contributed by atoms with van der Waals surface area (Å²) in [6.07, 6.45) is 1.69. The lowest BCUT2D eigenvalue weighted by Crippen LogP contribution is -2.47. The van der Waals surface area contributed by atoms with E-state index in [1.54, 1.807) is 23.3 Å². The lowest BCUT2D eigenvalue weighted by Gasteiger charge is -2.37. The van der Waals surface area contributed by atoms with Gasteiger partial charge in [0.05, 0.1) is 23.8 Å². The van der Waals surface area contributed by atoms with Gasteiger partial charge in [0.2, 0.25) is 0 Å². The molecular weight excluding hydrogens is 469 g/mol. The first kappa shape index (κ1) is 25.2. The summed E-state index contributed by atoms with van der Waals surface area (Å²) < 4.78 is 40.7. The molecule has 4 rings (SSSR count). The van der Waals surface area contributed by atoms with Crippen LogP contribution in [0.15, 0.2) is 73.3 Å². The van der Waals surface area contributed by atoms with Gasteiger partial charge in [-0.15, -0.1) is 0 Å². The van der Waals surface area contributed by atoms with Crippen molar-refractivity contribution in [3.63, 3.8) is 0 Å². The number of aromatic nitrogens is 3. The number of amides is 1. The van der Waals surface area contributed by atoms with Crippen LogP contribution in [0, 0.1) is 5.41 Å². The number of hydrogen-bond donors (Lipinski definition) is 2. The van der Waals surface area contributed by atoms with E-state index in [2.05, 4.69) is 15.4 Å². The molecule has 1 amide bonds. The van der Waals surface area contributed by atoms with Crippen LogP contribution in [-0.4, -0.2) is 32.0 Å². The van der Waals surface area contributed by atoms with Crippen molar-refractivity contribution in [3.05, 3.63) is 84.4 Å². The Morgan fingerprint density at radius 1 is 1.00 bits per heavy atom. The number of benzene rings is 2. The van der Waals surface area contributed by atoms with Gasteiger partial charge < -0.3 is 10.4 Å². The Labute approximate surface area is 206 Å². The van der Waals surface area contributed by atoms with Crippen molar-refractivity contribution in [3.8, 4) is 11.1 Å². The van der Waals surface area contributed by atoms with Crippen molar-refractivity contribution in [1.29, 1.82) is 0 Å². The predicted molar refractivity (Wildman–Crippen MR) is 132 cm³/mol. The highest BCUT2D eigenvalue weighted by Gasteiger charge is 2.36. The van der Waals surface area contributed by atoms with E-state index in [4.69, 9.17) is 0 Å². The van der Waals surface area contributed by atoms with Gasteiger partial charge in [-0.1, -0.05) is 45.0 Å². The third-order valence-corrected chi connectivity index (χ3v) is 6.17. The smallest absolute Gasteiger partial charge is 0.416 e. The monoisotopic (exact) mass is 496 g/mol. The fraction of sp³-hybridized carbons (Fsp3) is 0.296. The van der Waals surface area contributed by atoms with E-state index in [1.807, 2.05) is 51.2 Å². The molecule has 2 atom stereocenters. The van der Waals surface area contributed by atoms with Gasteiger partial charge in [-0.3, -0.25) is 9.67 Å². The Hall–Kier alpha value is -3.88. The molecule has 2 N–H and O–H groups in total. The van der Waals surface area contributed by atoms with E-state index in [1.165, 1.54) is 12.1 Å². The Morgan fingerprint density at radius 3 is 2.36 bits per heavy atom. The van der Waals surface area contributed by atoms with Crippen LogP contribution < -0.4 is 5.32 Å². The Morgan fingerprint density at radius 2 is 1.72 bits per heavy atom. The molecule has 0 aliphatic carbocycles. The zero-order chi connectivity index (χ0) is 26.1. The summed E-state index contributed by atoms with van der Waals surface area (Å²) >= 11 is 0. The molecule has 2 aromatic heterocycles. The summed E-state index contributed by atoms with van der Waals surface area (Å²) in [4.78, 5) is 15.8. The summed E-state index contributed by atoms with van der Waals surface area (Å²) in [7, 11) is 0. The largest absolute Gasteiger partial charge is 0.465 e. The van der Waals surface area contributed by atoms with Crippen LogP contribution >= 0.6 is 0 Å². The minimum atomic E-state index is -4.43. The Kier molecular flexibility index (Phi) is 6.75. The molecule has 2 heterocycles. The molecule has 0 aliphatic heterocycles. The van der Waals surface area contributed by atoms with E-state index in [0.717, 1.165) is 34.0 Å². The molecule has 6 nitrogen and oxygen atoms in total. The molecule has 188 valence electrons. The van der Waals surface area contributed by atoms with Crippen LogP contribution in [0.3, 0.4) is 0 Å². The highest BCUT2D eigenvalue weighted by Crippen LogP contribution is 2.36. The molecule has 0 fully saturated rings. The first-order valence-corrected chi connectivity index (χ1v) is 11.5. The summed E-state index contributed by atoms with van der Waals surface area (Å²) in [6, 6.07) is 11.7. The molecule has 1 unspecified atom stereocenters. The van der Waals surface area contributed by atoms with E-state index < -0.39 is 35.3 Å². The van der Waals surface area contributed by atoms with Crippen molar-refractivity contribution in [2.24, 2.45) is 5.41 Å².